The first-order chi connectivity index (χ1) is 8.65. The van der Waals surface area contributed by atoms with E-state index in [0.29, 0.717) is 10.8 Å². The van der Waals surface area contributed by atoms with Crippen LogP contribution in [-0.2, 0) is 0 Å². The largest absolute Gasteiger partial charge is 0.375 e. The Morgan fingerprint density at radius 1 is 1.33 bits per heavy atom. The highest BCUT2D eigenvalue weighted by molar-refractivity contribution is 7.22. The van der Waals surface area contributed by atoms with Gasteiger partial charge in [-0.05, 0) is 12.1 Å². The summed E-state index contributed by atoms with van der Waals surface area (Å²) in [7, 11) is 0. The van der Waals surface area contributed by atoms with Crippen molar-refractivity contribution in [2.45, 2.75) is 0 Å². The molecule has 0 aliphatic rings. The van der Waals surface area contributed by atoms with Gasteiger partial charge in [0.25, 0.3) is 5.91 Å². The van der Waals surface area contributed by atoms with E-state index < -0.39 is 5.91 Å². The van der Waals surface area contributed by atoms with Gasteiger partial charge in [-0.15, -0.1) is 0 Å². The van der Waals surface area contributed by atoms with E-state index in [-0.39, 0.29) is 5.69 Å². The number of thiazole rings is 1. The third kappa shape index (κ3) is 1.59. The van der Waals surface area contributed by atoms with E-state index in [4.69, 9.17) is 11.5 Å². The monoisotopic (exact) mass is 260 g/mol. The molecular weight excluding hydrogens is 252 g/mol. The molecule has 0 atom stereocenters. The Labute approximate surface area is 105 Å². The molecule has 3 aromatic rings. The van der Waals surface area contributed by atoms with Crippen molar-refractivity contribution < 1.29 is 4.79 Å². The number of fused-ring (bicyclic) bond motifs is 1. The molecule has 18 heavy (non-hydrogen) atoms. The number of hydrogen-bond donors (Lipinski definition) is 3. The summed E-state index contributed by atoms with van der Waals surface area (Å²) in [6, 6.07) is 5.47. The molecular formula is C10H8N6OS. The molecule has 8 heteroatoms. The molecule has 3 rings (SSSR count). The summed E-state index contributed by atoms with van der Waals surface area (Å²) in [6.45, 7) is 0. The summed E-state index contributed by atoms with van der Waals surface area (Å²) < 4.78 is 0.920. The minimum atomic E-state index is -0.623. The topological polar surface area (TPSA) is 124 Å². The van der Waals surface area contributed by atoms with Crippen LogP contribution in [0.15, 0.2) is 18.2 Å². The fraction of sp³-hybridized carbons (Fsp3) is 0. The van der Waals surface area contributed by atoms with Crippen molar-refractivity contribution in [1.82, 2.24) is 20.4 Å². The number of H-pyrrole nitrogens is 1. The fourth-order valence-electron chi connectivity index (χ4n) is 1.69. The molecule has 1 aromatic carbocycles. The number of anilines is 1. The standard InChI is InChI=1S/C10H8N6OS/c11-9(17)8-7(14-16-15-8)4-1-2-5-6(3-4)18-10(12)13-5/h1-3H,(H2,11,17)(H2,12,13)(H,14,15,16). The van der Waals surface area contributed by atoms with Gasteiger partial charge in [0.05, 0.1) is 10.2 Å². The van der Waals surface area contributed by atoms with E-state index in [0.717, 1.165) is 15.8 Å². The number of nitrogens with zero attached hydrogens (tertiary/aromatic N) is 3. The Morgan fingerprint density at radius 3 is 2.94 bits per heavy atom. The second-order valence-electron chi connectivity index (χ2n) is 3.62. The van der Waals surface area contributed by atoms with E-state index in [9.17, 15) is 4.79 Å². The average molecular weight is 260 g/mol. The molecule has 5 N–H and O–H groups in total. The van der Waals surface area contributed by atoms with Gasteiger partial charge in [0.1, 0.15) is 5.69 Å². The van der Waals surface area contributed by atoms with Crippen LogP contribution in [0.4, 0.5) is 5.13 Å². The van der Waals surface area contributed by atoms with Gasteiger partial charge in [-0.3, -0.25) is 4.79 Å². The summed E-state index contributed by atoms with van der Waals surface area (Å²) >= 11 is 1.37. The zero-order valence-corrected chi connectivity index (χ0v) is 9.86. The minimum absolute atomic E-state index is 0.117. The minimum Gasteiger partial charge on any atom is -0.375 e. The summed E-state index contributed by atoms with van der Waals surface area (Å²) in [5.41, 5.74) is 13.0. The molecule has 0 saturated heterocycles. The third-order valence-electron chi connectivity index (χ3n) is 2.46. The maximum absolute atomic E-state index is 11.2. The van der Waals surface area contributed by atoms with Crippen LogP contribution >= 0.6 is 11.3 Å². The van der Waals surface area contributed by atoms with Crippen LogP contribution in [0.3, 0.4) is 0 Å². The van der Waals surface area contributed by atoms with Gasteiger partial charge in [0.2, 0.25) is 0 Å². The Bertz CT molecular complexity index is 746. The van der Waals surface area contributed by atoms with Crippen LogP contribution in [0.2, 0.25) is 0 Å². The zero-order chi connectivity index (χ0) is 12.7. The van der Waals surface area contributed by atoms with Gasteiger partial charge < -0.3 is 11.5 Å². The lowest BCUT2D eigenvalue weighted by Gasteiger charge is -1.97. The molecule has 90 valence electrons. The van der Waals surface area contributed by atoms with Crippen molar-refractivity contribution in [3.05, 3.63) is 23.9 Å². The molecule has 0 saturated carbocycles. The van der Waals surface area contributed by atoms with E-state index in [1.807, 2.05) is 12.1 Å². The number of carbonyl (C=O) groups is 1. The Balaban J connectivity index is 2.18. The summed E-state index contributed by atoms with van der Waals surface area (Å²) in [5, 5.41) is 10.6. The number of aromatic amines is 1. The van der Waals surface area contributed by atoms with Gasteiger partial charge in [0, 0.05) is 5.56 Å². The molecule has 0 aliphatic heterocycles. The molecule has 1 amide bonds. The molecule has 2 heterocycles. The quantitative estimate of drug-likeness (QED) is 0.627. The van der Waals surface area contributed by atoms with E-state index in [1.165, 1.54) is 11.3 Å². The van der Waals surface area contributed by atoms with Crippen molar-refractivity contribution in [3.63, 3.8) is 0 Å². The lowest BCUT2D eigenvalue weighted by atomic mass is 10.1. The number of aromatic nitrogens is 4. The predicted octanol–water partition coefficient (Wildman–Crippen LogP) is 0.762. The summed E-state index contributed by atoms with van der Waals surface area (Å²) in [6.07, 6.45) is 0. The summed E-state index contributed by atoms with van der Waals surface area (Å²) in [5.74, 6) is -0.623. The molecule has 0 spiro atoms. The Kier molecular flexibility index (Phi) is 2.23. The van der Waals surface area contributed by atoms with Crippen LogP contribution in [0.25, 0.3) is 21.5 Å². The first-order valence-electron chi connectivity index (χ1n) is 5.02. The molecule has 2 aromatic heterocycles. The Hall–Kier alpha value is -2.48. The number of rotatable bonds is 2. The van der Waals surface area contributed by atoms with Gasteiger partial charge in [0.15, 0.2) is 10.8 Å². The second-order valence-corrected chi connectivity index (χ2v) is 4.68. The van der Waals surface area contributed by atoms with E-state index in [2.05, 4.69) is 20.4 Å². The van der Waals surface area contributed by atoms with Crippen molar-refractivity contribution in [1.29, 1.82) is 0 Å². The molecule has 0 unspecified atom stereocenters. The van der Waals surface area contributed by atoms with Crippen LogP contribution in [0.5, 0.6) is 0 Å². The van der Waals surface area contributed by atoms with Gasteiger partial charge >= 0.3 is 0 Å². The number of nitrogen functional groups attached to an aromatic ring is 1. The molecule has 0 fully saturated rings. The Morgan fingerprint density at radius 2 is 2.17 bits per heavy atom. The smallest absolute Gasteiger partial charge is 0.271 e. The van der Waals surface area contributed by atoms with Gasteiger partial charge in [-0.1, -0.05) is 17.4 Å². The predicted molar refractivity (Wildman–Crippen MR) is 67.9 cm³/mol. The van der Waals surface area contributed by atoms with Crippen LogP contribution in [0.1, 0.15) is 10.5 Å². The van der Waals surface area contributed by atoms with Crippen molar-refractivity contribution in [3.8, 4) is 11.3 Å². The summed E-state index contributed by atoms with van der Waals surface area (Å²) in [4.78, 5) is 15.3. The van der Waals surface area contributed by atoms with E-state index in [1.54, 1.807) is 6.07 Å². The first kappa shape index (κ1) is 10.7. The number of nitrogens with one attached hydrogen (secondary N) is 1. The molecule has 0 aliphatic carbocycles. The highest BCUT2D eigenvalue weighted by atomic mass is 32.1. The zero-order valence-electron chi connectivity index (χ0n) is 9.04. The maximum Gasteiger partial charge on any atom is 0.271 e. The van der Waals surface area contributed by atoms with Gasteiger partial charge in [-0.25, -0.2) is 4.98 Å². The molecule has 7 nitrogen and oxygen atoms in total. The number of primary amides is 1. The van der Waals surface area contributed by atoms with Crippen LogP contribution < -0.4 is 11.5 Å². The van der Waals surface area contributed by atoms with Crippen LogP contribution in [0, 0.1) is 0 Å². The van der Waals surface area contributed by atoms with Crippen molar-refractivity contribution in [2.24, 2.45) is 5.73 Å². The van der Waals surface area contributed by atoms with E-state index >= 15 is 0 Å². The number of hydrogen-bond acceptors (Lipinski definition) is 6. The second kappa shape index (κ2) is 3.77. The number of carbonyl (C=O) groups excluding carboxylic acids is 1. The molecule has 0 radical (unpaired) electrons. The fourth-order valence-corrected chi connectivity index (χ4v) is 2.47. The average Bonchev–Trinajstić information content (AvgIpc) is 2.91. The van der Waals surface area contributed by atoms with Crippen molar-refractivity contribution >= 4 is 32.6 Å². The first-order valence-corrected chi connectivity index (χ1v) is 5.84. The highest BCUT2D eigenvalue weighted by Crippen LogP contribution is 2.29. The lowest BCUT2D eigenvalue weighted by Crippen LogP contribution is -2.12. The lowest BCUT2D eigenvalue weighted by molar-refractivity contribution is 0.0996. The number of nitrogens with two attached hydrogens (primary N) is 2. The normalized spacial score (nSPS) is 10.9. The highest BCUT2D eigenvalue weighted by Gasteiger charge is 2.15. The SMILES string of the molecule is NC(=O)c1n[nH]nc1-c1ccc2nc(N)sc2c1. The molecule has 0 bridgehead atoms. The maximum atomic E-state index is 11.2. The number of amides is 1. The van der Waals surface area contributed by atoms with Crippen LogP contribution in [-0.4, -0.2) is 26.3 Å². The number of benzene rings is 1. The third-order valence-corrected chi connectivity index (χ3v) is 3.31. The van der Waals surface area contributed by atoms with Gasteiger partial charge in [-0.2, -0.15) is 15.4 Å². The van der Waals surface area contributed by atoms with Crippen molar-refractivity contribution in [2.75, 3.05) is 5.73 Å².